The molecule has 1 aromatic carbocycles. The molecule has 0 amide bonds. The first-order valence-electron chi connectivity index (χ1n) is 6.28. The van der Waals surface area contributed by atoms with Crippen molar-refractivity contribution >= 4 is 22.0 Å². The third-order valence-electron chi connectivity index (χ3n) is 3.23. The Balaban J connectivity index is 1.93. The molecule has 3 rings (SSSR count). The van der Waals surface area contributed by atoms with Crippen LogP contribution in [-0.4, -0.2) is 16.5 Å². The number of aromatic nitrogens is 2. The van der Waals surface area contributed by atoms with E-state index in [1.807, 2.05) is 16.0 Å². The van der Waals surface area contributed by atoms with Crippen LogP contribution in [0.15, 0.2) is 23.7 Å². The van der Waals surface area contributed by atoms with Gasteiger partial charge in [0, 0.05) is 11.6 Å². The zero-order valence-corrected chi connectivity index (χ0v) is 12.3. The van der Waals surface area contributed by atoms with Gasteiger partial charge in [0.15, 0.2) is 10.8 Å². The minimum Gasteiger partial charge on any atom is -0.480 e. The van der Waals surface area contributed by atoms with Gasteiger partial charge in [0.2, 0.25) is 5.88 Å². The summed E-state index contributed by atoms with van der Waals surface area (Å²) in [6, 6.07) is 2.65. The summed E-state index contributed by atoms with van der Waals surface area (Å²) in [4.78, 5) is 5.07. The lowest BCUT2D eigenvalue weighted by Gasteiger charge is -2.10. The van der Waals surface area contributed by atoms with Crippen LogP contribution in [-0.2, 0) is 6.54 Å². The smallest absolute Gasteiger partial charge is 0.238 e. The van der Waals surface area contributed by atoms with Crippen molar-refractivity contribution in [2.75, 3.05) is 12.4 Å². The molecule has 0 unspecified atom stereocenters. The SMILES string of the molecule is COc1nc2sccn2c1CNc1c(F)ccc(C)c1F. The molecule has 2 heterocycles. The van der Waals surface area contributed by atoms with E-state index in [0.29, 0.717) is 17.1 Å². The molecule has 2 aromatic heterocycles. The van der Waals surface area contributed by atoms with Crippen molar-refractivity contribution in [3.05, 3.63) is 46.6 Å². The fourth-order valence-electron chi connectivity index (χ4n) is 2.13. The third-order valence-corrected chi connectivity index (χ3v) is 3.99. The van der Waals surface area contributed by atoms with Gasteiger partial charge in [0.1, 0.15) is 17.2 Å². The number of anilines is 1. The molecule has 0 saturated carbocycles. The molecule has 0 radical (unpaired) electrons. The zero-order chi connectivity index (χ0) is 15.0. The summed E-state index contributed by atoms with van der Waals surface area (Å²) in [5.74, 6) is -0.758. The van der Waals surface area contributed by atoms with Crippen molar-refractivity contribution < 1.29 is 13.5 Å². The van der Waals surface area contributed by atoms with Gasteiger partial charge in [-0.1, -0.05) is 6.07 Å². The second kappa shape index (κ2) is 5.33. The average Bonchev–Trinajstić information content (AvgIpc) is 3.04. The number of halogens is 2. The van der Waals surface area contributed by atoms with Crippen LogP contribution >= 0.6 is 11.3 Å². The van der Waals surface area contributed by atoms with E-state index < -0.39 is 11.6 Å². The maximum atomic E-state index is 14.0. The highest BCUT2D eigenvalue weighted by atomic mass is 32.1. The monoisotopic (exact) mass is 309 g/mol. The van der Waals surface area contributed by atoms with Crippen LogP contribution in [0.4, 0.5) is 14.5 Å². The number of hydrogen-bond donors (Lipinski definition) is 1. The van der Waals surface area contributed by atoms with E-state index in [1.165, 1.54) is 30.6 Å². The standard InChI is InChI=1S/C14H13F2N3OS/c1-8-3-4-9(15)12(11(8)16)17-7-10-13(20-2)18-14-19(10)5-6-21-14/h3-6,17H,7H2,1-2H3. The number of rotatable bonds is 4. The predicted molar refractivity (Wildman–Crippen MR) is 78.0 cm³/mol. The molecule has 0 spiro atoms. The molecule has 3 aromatic rings. The first-order valence-corrected chi connectivity index (χ1v) is 7.16. The molecule has 21 heavy (non-hydrogen) atoms. The maximum Gasteiger partial charge on any atom is 0.238 e. The zero-order valence-electron chi connectivity index (χ0n) is 11.5. The van der Waals surface area contributed by atoms with Gasteiger partial charge < -0.3 is 10.1 Å². The van der Waals surface area contributed by atoms with E-state index >= 15 is 0 Å². The largest absolute Gasteiger partial charge is 0.480 e. The number of aryl methyl sites for hydroxylation is 1. The number of nitrogens with one attached hydrogen (secondary N) is 1. The molecule has 0 bridgehead atoms. The van der Waals surface area contributed by atoms with E-state index in [9.17, 15) is 8.78 Å². The number of imidazole rings is 1. The van der Waals surface area contributed by atoms with Crippen LogP contribution in [0.25, 0.3) is 4.96 Å². The lowest BCUT2D eigenvalue weighted by Crippen LogP contribution is -2.07. The first-order chi connectivity index (χ1) is 10.1. The van der Waals surface area contributed by atoms with Crippen LogP contribution in [0.3, 0.4) is 0 Å². The summed E-state index contributed by atoms with van der Waals surface area (Å²) in [7, 11) is 1.52. The summed E-state index contributed by atoms with van der Waals surface area (Å²) < 4.78 is 34.8. The van der Waals surface area contributed by atoms with Crippen molar-refractivity contribution in [3.8, 4) is 5.88 Å². The second-order valence-electron chi connectivity index (χ2n) is 4.53. The minimum absolute atomic E-state index is 0.137. The predicted octanol–water partition coefficient (Wildman–Crippen LogP) is 3.60. The van der Waals surface area contributed by atoms with Gasteiger partial charge in [-0.05, 0) is 18.6 Å². The summed E-state index contributed by atoms with van der Waals surface area (Å²) in [5, 5.41) is 4.68. The van der Waals surface area contributed by atoms with E-state index in [2.05, 4.69) is 10.3 Å². The van der Waals surface area contributed by atoms with Crippen molar-refractivity contribution in [1.29, 1.82) is 0 Å². The Morgan fingerprint density at radius 3 is 2.95 bits per heavy atom. The molecule has 1 N–H and O–H groups in total. The molecular weight excluding hydrogens is 296 g/mol. The van der Waals surface area contributed by atoms with Crippen LogP contribution in [0.2, 0.25) is 0 Å². The lowest BCUT2D eigenvalue weighted by molar-refractivity contribution is 0.395. The lowest BCUT2D eigenvalue weighted by atomic mass is 10.2. The Morgan fingerprint density at radius 1 is 1.38 bits per heavy atom. The van der Waals surface area contributed by atoms with Crippen LogP contribution in [0, 0.1) is 18.6 Å². The molecule has 4 nitrogen and oxygen atoms in total. The first kappa shape index (κ1) is 13.8. The van der Waals surface area contributed by atoms with Gasteiger partial charge >= 0.3 is 0 Å². The van der Waals surface area contributed by atoms with Gasteiger partial charge in [-0.25, -0.2) is 8.78 Å². The topological polar surface area (TPSA) is 38.6 Å². The Bertz CT molecular complexity index is 797. The fraction of sp³-hybridized carbons (Fsp3) is 0.214. The molecule has 7 heteroatoms. The molecular formula is C14H13F2N3OS. The van der Waals surface area contributed by atoms with Crippen LogP contribution in [0.5, 0.6) is 5.88 Å². The highest BCUT2D eigenvalue weighted by Gasteiger charge is 2.16. The van der Waals surface area contributed by atoms with E-state index in [0.717, 1.165) is 4.96 Å². The number of benzene rings is 1. The molecule has 0 aliphatic heterocycles. The highest BCUT2D eigenvalue weighted by molar-refractivity contribution is 7.15. The summed E-state index contributed by atoms with van der Waals surface area (Å²) >= 11 is 1.46. The van der Waals surface area contributed by atoms with Gasteiger partial charge in [-0.3, -0.25) is 4.40 Å². The molecule has 0 aliphatic carbocycles. The normalized spacial score (nSPS) is 11.0. The Labute approximate surface area is 124 Å². The van der Waals surface area contributed by atoms with E-state index in [-0.39, 0.29) is 12.2 Å². The van der Waals surface area contributed by atoms with Crippen molar-refractivity contribution in [2.24, 2.45) is 0 Å². The molecule has 110 valence electrons. The number of hydrogen-bond acceptors (Lipinski definition) is 4. The van der Waals surface area contributed by atoms with E-state index in [4.69, 9.17) is 4.74 Å². The van der Waals surface area contributed by atoms with Crippen LogP contribution < -0.4 is 10.1 Å². The Kier molecular flexibility index (Phi) is 3.50. The average molecular weight is 309 g/mol. The number of nitrogens with zero attached hydrogens (tertiary/aromatic N) is 2. The van der Waals surface area contributed by atoms with Crippen molar-refractivity contribution in [1.82, 2.24) is 9.38 Å². The summed E-state index contributed by atoms with van der Waals surface area (Å²) in [6.45, 7) is 1.80. The second-order valence-corrected chi connectivity index (χ2v) is 5.40. The molecule has 0 fully saturated rings. The van der Waals surface area contributed by atoms with Gasteiger partial charge in [0.05, 0.1) is 13.7 Å². The van der Waals surface area contributed by atoms with Gasteiger partial charge in [-0.15, -0.1) is 11.3 Å². The van der Waals surface area contributed by atoms with Gasteiger partial charge in [-0.2, -0.15) is 4.98 Å². The number of methoxy groups -OCH3 is 1. The number of fused-ring (bicyclic) bond motifs is 1. The van der Waals surface area contributed by atoms with E-state index in [1.54, 1.807) is 6.92 Å². The highest BCUT2D eigenvalue weighted by Crippen LogP contribution is 2.26. The molecule has 0 atom stereocenters. The third kappa shape index (κ3) is 2.33. The molecule has 0 saturated heterocycles. The quantitative estimate of drug-likeness (QED) is 0.800. The Hall–Kier alpha value is -2.15. The minimum atomic E-state index is -0.622. The van der Waals surface area contributed by atoms with Crippen LogP contribution in [0.1, 0.15) is 11.3 Å². The van der Waals surface area contributed by atoms with Crippen molar-refractivity contribution in [2.45, 2.75) is 13.5 Å². The fourth-order valence-corrected chi connectivity index (χ4v) is 2.85. The molecule has 0 aliphatic rings. The number of thiazole rings is 1. The van der Waals surface area contributed by atoms with Gasteiger partial charge in [0.25, 0.3) is 0 Å². The summed E-state index contributed by atoms with van der Waals surface area (Å²) in [5.41, 5.74) is 0.969. The maximum absolute atomic E-state index is 14.0. The summed E-state index contributed by atoms with van der Waals surface area (Å²) in [6.07, 6.45) is 1.84. The van der Waals surface area contributed by atoms with Crippen molar-refractivity contribution in [3.63, 3.8) is 0 Å². The Morgan fingerprint density at radius 2 is 2.19 bits per heavy atom. The number of ether oxygens (including phenoxy) is 1.